The fraction of sp³-hybridized carbons (Fsp3) is 0.300. The number of carbonyl (C=O) groups is 2. The van der Waals surface area contributed by atoms with Crippen molar-refractivity contribution in [2.24, 2.45) is 0 Å². The highest BCUT2D eigenvalue weighted by Gasteiger charge is 2.24. The molecule has 2 amide bonds. The van der Waals surface area contributed by atoms with Crippen molar-refractivity contribution in [2.75, 3.05) is 13.2 Å². The van der Waals surface area contributed by atoms with Gasteiger partial charge in [0, 0.05) is 6.54 Å². The standard InChI is InChI=1S/C20H22N2O3/c23-18(22-17-12-7-13-21-20(17)24)14-25-19(15-8-3-1-4-9-15)16-10-5-2-6-11-16/h1-6,8-11,17,19H,7,12-14H2,(H,21,24)(H,22,23). The number of ether oxygens (including phenoxy) is 1. The Morgan fingerprint density at radius 2 is 1.68 bits per heavy atom. The van der Waals surface area contributed by atoms with E-state index < -0.39 is 6.04 Å². The van der Waals surface area contributed by atoms with Gasteiger partial charge < -0.3 is 15.4 Å². The Hall–Kier alpha value is -2.66. The van der Waals surface area contributed by atoms with Crippen molar-refractivity contribution >= 4 is 11.8 Å². The number of amides is 2. The third-order valence-electron chi connectivity index (χ3n) is 4.21. The van der Waals surface area contributed by atoms with Crippen LogP contribution in [0.5, 0.6) is 0 Å². The number of piperidine rings is 1. The summed E-state index contributed by atoms with van der Waals surface area (Å²) in [5.74, 6) is -0.402. The van der Waals surface area contributed by atoms with E-state index in [1.54, 1.807) is 0 Å². The van der Waals surface area contributed by atoms with E-state index >= 15 is 0 Å². The van der Waals surface area contributed by atoms with E-state index in [-0.39, 0.29) is 24.5 Å². The van der Waals surface area contributed by atoms with E-state index in [1.807, 2.05) is 60.7 Å². The van der Waals surface area contributed by atoms with Crippen molar-refractivity contribution in [2.45, 2.75) is 25.0 Å². The zero-order valence-electron chi connectivity index (χ0n) is 14.0. The lowest BCUT2D eigenvalue weighted by Gasteiger charge is -2.23. The van der Waals surface area contributed by atoms with Crippen molar-refractivity contribution in [3.8, 4) is 0 Å². The van der Waals surface area contributed by atoms with Crippen molar-refractivity contribution in [1.29, 1.82) is 0 Å². The lowest BCUT2D eigenvalue weighted by atomic mass is 10.0. The third kappa shape index (κ3) is 4.67. The lowest BCUT2D eigenvalue weighted by molar-refractivity contribution is -0.133. The number of rotatable bonds is 6. The molecule has 5 heteroatoms. The quantitative estimate of drug-likeness (QED) is 0.848. The Morgan fingerprint density at radius 1 is 1.08 bits per heavy atom. The smallest absolute Gasteiger partial charge is 0.246 e. The number of hydrogen-bond donors (Lipinski definition) is 2. The summed E-state index contributed by atoms with van der Waals surface area (Å²) >= 11 is 0. The average Bonchev–Trinajstić information content (AvgIpc) is 2.66. The molecule has 1 saturated heterocycles. The lowest BCUT2D eigenvalue weighted by Crippen LogP contribution is -2.51. The summed E-state index contributed by atoms with van der Waals surface area (Å²) in [6, 6.07) is 19.1. The van der Waals surface area contributed by atoms with Gasteiger partial charge >= 0.3 is 0 Å². The fourth-order valence-electron chi connectivity index (χ4n) is 2.95. The molecule has 1 atom stereocenters. The molecule has 25 heavy (non-hydrogen) atoms. The second-order valence-electron chi connectivity index (χ2n) is 6.07. The van der Waals surface area contributed by atoms with Crippen LogP contribution in [0.1, 0.15) is 30.1 Å². The van der Waals surface area contributed by atoms with Gasteiger partial charge in [-0.15, -0.1) is 0 Å². The zero-order chi connectivity index (χ0) is 17.5. The Morgan fingerprint density at radius 3 is 2.24 bits per heavy atom. The predicted octanol–water partition coefficient (Wildman–Crippen LogP) is 2.19. The van der Waals surface area contributed by atoms with Crippen molar-refractivity contribution in [3.63, 3.8) is 0 Å². The predicted molar refractivity (Wildman–Crippen MR) is 94.9 cm³/mol. The minimum Gasteiger partial charge on any atom is -0.359 e. The van der Waals surface area contributed by atoms with E-state index in [0.717, 1.165) is 17.5 Å². The molecule has 0 spiro atoms. The number of nitrogens with one attached hydrogen (secondary N) is 2. The van der Waals surface area contributed by atoms with Crippen LogP contribution in [0.3, 0.4) is 0 Å². The summed E-state index contributed by atoms with van der Waals surface area (Å²) in [6.45, 7) is 0.573. The highest BCUT2D eigenvalue weighted by Crippen LogP contribution is 2.25. The monoisotopic (exact) mass is 338 g/mol. The van der Waals surface area contributed by atoms with Crippen LogP contribution in [0.4, 0.5) is 0 Å². The first-order valence-electron chi connectivity index (χ1n) is 8.52. The van der Waals surface area contributed by atoms with E-state index in [0.29, 0.717) is 13.0 Å². The largest absolute Gasteiger partial charge is 0.359 e. The van der Waals surface area contributed by atoms with Gasteiger partial charge in [0.25, 0.3) is 0 Å². The molecule has 3 rings (SSSR count). The molecular weight excluding hydrogens is 316 g/mol. The maximum Gasteiger partial charge on any atom is 0.246 e. The molecule has 1 heterocycles. The topological polar surface area (TPSA) is 67.4 Å². The maximum atomic E-state index is 12.2. The molecule has 0 aromatic heterocycles. The van der Waals surface area contributed by atoms with Gasteiger partial charge in [-0.2, -0.15) is 0 Å². The molecule has 0 radical (unpaired) electrons. The molecule has 5 nitrogen and oxygen atoms in total. The molecule has 0 saturated carbocycles. The highest BCUT2D eigenvalue weighted by atomic mass is 16.5. The number of hydrogen-bond acceptors (Lipinski definition) is 3. The Kier molecular flexibility index (Phi) is 5.80. The summed E-state index contributed by atoms with van der Waals surface area (Å²) in [5.41, 5.74) is 1.97. The molecule has 0 bridgehead atoms. The Bertz CT molecular complexity index is 664. The highest BCUT2D eigenvalue weighted by molar-refractivity contribution is 5.88. The molecule has 1 fully saturated rings. The second-order valence-corrected chi connectivity index (χ2v) is 6.07. The van der Waals surface area contributed by atoms with Crippen LogP contribution in [0.2, 0.25) is 0 Å². The van der Waals surface area contributed by atoms with E-state index in [1.165, 1.54) is 0 Å². The zero-order valence-corrected chi connectivity index (χ0v) is 14.0. The molecule has 2 aromatic rings. The summed E-state index contributed by atoms with van der Waals surface area (Å²) in [4.78, 5) is 24.0. The molecule has 0 aliphatic carbocycles. The second kappa shape index (κ2) is 8.44. The van der Waals surface area contributed by atoms with Gasteiger partial charge in [0.1, 0.15) is 18.8 Å². The van der Waals surface area contributed by atoms with Crippen LogP contribution in [0.25, 0.3) is 0 Å². The van der Waals surface area contributed by atoms with E-state index in [4.69, 9.17) is 4.74 Å². The van der Waals surface area contributed by atoms with Gasteiger partial charge in [0.05, 0.1) is 0 Å². The number of carbonyl (C=O) groups excluding carboxylic acids is 2. The van der Waals surface area contributed by atoms with E-state index in [2.05, 4.69) is 10.6 Å². The first-order valence-corrected chi connectivity index (χ1v) is 8.52. The minimum atomic E-state index is -0.461. The van der Waals surface area contributed by atoms with Gasteiger partial charge in [-0.05, 0) is 24.0 Å². The van der Waals surface area contributed by atoms with Crippen LogP contribution in [0.15, 0.2) is 60.7 Å². The van der Waals surface area contributed by atoms with Crippen molar-refractivity contribution in [1.82, 2.24) is 10.6 Å². The fourth-order valence-corrected chi connectivity index (χ4v) is 2.95. The molecule has 1 aliphatic heterocycles. The maximum absolute atomic E-state index is 12.2. The molecule has 130 valence electrons. The Balaban J connectivity index is 1.64. The van der Waals surface area contributed by atoms with E-state index in [9.17, 15) is 9.59 Å². The van der Waals surface area contributed by atoms with Crippen LogP contribution in [0, 0.1) is 0 Å². The Labute approximate surface area is 147 Å². The summed E-state index contributed by atoms with van der Waals surface area (Å²) in [5, 5.41) is 5.51. The first kappa shape index (κ1) is 17.2. The van der Waals surface area contributed by atoms with Crippen LogP contribution in [-0.2, 0) is 14.3 Å². The molecule has 1 unspecified atom stereocenters. The molecule has 2 N–H and O–H groups in total. The van der Waals surface area contributed by atoms with Crippen molar-refractivity contribution < 1.29 is 14.3 Å². The summed E-state index contributed by atoms with van der Waals surface area (Å²) in [6.07, 6.45) is 1.21. The van der Waals surface area contributed by atoms with Gasteiger partial charge in [0.2, 0.25) is 11.8 Å². The normalized spacial score (nSPS) is 17.2. The molecular formula is C20H22N2O3. The van der Waals surface area contributed by atoms with Gasteiger partial charge in [0.15, 0.2) is 0 Å². The van der Waals surface area contributed by atoms with Gasteiger partial charge in [-0.1, -0.05) is 60.7 Å². The van der Waals surface area contributed by atoms with Crippen LogP contribution < -0.4 is 10.6 Å². The molecule has 1 aliphatic rings. The molecule has 2 aromatic carbocycles. The number of benzene rings is 2. The minimum absolute atomic E-state index is 0.0990. The van der Waals surface area contributed by atoms with Gasteiger partial charge in [-0.3, -0.25) is 9.59 Å². The van der Waals surface area contributed by atoms with Crippen molar-refractivity contribution in [3.05, 3.63) is 71.8 Å². The van der Waals surface area contributed by atoms with Crippen LogP contribution >= 0.6 is 0 Å². The summed E-state index contributed by atoms with van der Waals surface area (Å²) in [7, 11) is 0. The SMILES string of the molecule is O=C(COC(c1ccccc1)c1ccccc1)NC1CCCNC1=O. The summed E-state index contributed by atoms with van der Waals surface area (Å²) < 4.78 is 5.91. The first-order chi connectivity index (χ1) is 12.2. The third-order valence-corrected chi connectivity index (χ3v) is 4.21. The average molecular weight is 338 g/mol. The van der Waals surface area contributed by atoms with Crippen LogP contribution in [-0.4, -0.2) is 31.0 Å². The van der Waals surface area contributed by atoms with Gasteiger partial charge in [-0.25, -0.2) is 0 Å².